The number of hydrogen-bond donors (Lipinski definition) is 1. The monoisotopic (exact) mass is 314 g/mol. The predicted molar refractivity (Wildman–Crippen MR) is 81.8 cm³/mol. The van der Waals surface area contributed by atoms with E-state index in [2.05, 4.69) is 0 Å². The van der Waals surface area contributed by atoms with Gasteiger partial charge in [-0.3, -0.25) is 4.79 Å². The lowest BCUT2D eigenvalue weighted by molar-refractivity contribution is -0.131. The fourth-order valence-corrected chi connectivity index (χ4v) is 2.55. The molecule has 0 saturated carbocycles. The minimum atomic E-state index is -3.11. The van der Waals surface area contributed by atoms with E-state index in [4.69, 9.17) is 10.5 Å². The van der Waals surface area contributed by atoms with Crippen LogP contribution in [0.3, 0.4) is 0 Å². The van der Waals surface area contributed by atoms with E-state index in [0.717, 1.165) is 17.6 Å². The minimum absolute atomic E-state index is 0.0904. The molecule has 1 aromatic carbocycles. The molecule has 0 heterocycles. The van der Waals surface area contributed by atoms with Gasteiger partial charge in [-0.1, -0.05) is 12.1 Å². The lowest BCUT2D eigenvalue weighted by Gasteiger charge is -2.21. The number of likely N-dealkylation sites (N-methyl/N-ethyl adjacent to an activating group) is 1. The fraction of sp³-hybridized carbons (Fsp3) is 0.500. The second-order valence-electron chi connectivity index (χ2n) is 5.07. The van der Waals surface area contributed by atoms with Gasteiger partial charge in [0.15, 0.2) is 0 Å². The van der Waals surface area contributed by atoms with Gasteiger partial charge in [-0.2, -0.15) is 0 Å². The van der Waals surface area contributed by atoms with Crippen molar-refractivity contribution >= 4 is 15.7 Å². The van der Waals surface area contributed by atoms with Gasteiger partial charge in [0.25, 0.3) is 0 Å². The number of methoxy groups -OCH3 is 1. The van der Waals surface area contributed by atoms with Gasteiger partial charge in [-0.05, 0) is 24.1 Å². The van der Waals surface area contributed by atoms with Crippen LogP contribution in [0.5, 0.6) is 5.75 Å². The number of nitrogens with zero attached hydrogens (tertiary/aromatic N) is 1. The van der Waals surface area contributed by atoms with Crippen LogP contribution in [0.15, 0.2) is 24.3 Å². The van der Waals surface area contributed by atoms with Crippen LogP contribution in [-0.2, 0) is 21.2 Å². The first-order valence-corrected chi connectivity index (χ1v) is 8.60. The Labute approximate surface area is 125 Å². The molecule has 0 fully saturated rings. The largest absolute Gasteiger partial charge is 0.497 e. The number of amides is 1. The Kier molecular flexibility index (Phi) is 6.17. The van der Waals surface area contributed by atoms with Crippen LogP contribution in [0.1, 0.15) is 12.0 Å². The second kappa shape index (κ2) is 7.42. The normalized spacial score (nSPS) is 12.8. The molecule has 6 nitrogen and oxygen atoms in total. The van der Waals surface area contributed by atoms with E-state index in [1.807, 2.05) is 24.3 Å². The van der Waals surface area contributed by atoms with Crippen LogP contribution in [-0.4, -0.2) is 51.4 Å². The summed E-state index contributed by atoms with van der Waals surface area (Å²) >= 11 is 0. The van der Waals surface area contributed by atoms with Gasteiger partial charge in [0.2, 0.25) is 5.91 Å². The Morgan fingerprint density at radius 1 is 1.43 bits per heavy atom. The number of carbonyl (C=O) groups excluding carboxylic acids is 1. The molecule has 1 rings (SSSR count). The summed E-state index contributed by atoms with van der Waals surface area (Å²) < 4.78 is 27.3. The Morgan fingerprint density at radius 2 is 2.10 bits per heavy atom. The van der Waals surface area contributed by atoms with E-state index >= 15 is 0 Å². The molecular weight excluding hydrogens is 292 g/mol. The number of ether oxygens (including phenoxy) is 1. The Hall–Kier alpha value is -1.60. The van der Waals surface area contributed by atoms with E-state index < -0.39 is 15.9 Å². The molecule has 2 N–H and O–H groups in total. The molecule has 1 atom stereocenters. The van der Waals surface area contributed by atoms with Crippen LogP contribution >= 0.6 is 0 Å². The SMILES string of the molecule is COc1cccc(CN(C)C(=O)C(N)CCS(C)(=O)=O)c1. The topological polar surface area (TPSA) is 89.7 Å². The second-order valence-corrected chi connectivity index (χ2v) is 7.33. The van der Waals surface area contributed by atoms with Crippen molar-refractivity contribution in [1.29, 1.82) is 0 Å². The highest BCUT2D eigenvalue weighted by molar-refractivity contribution is 7.90. The summed E-state index contributed by atoms with van der Waals surface area (Å²) in [5.74, 6) is 0.351. The van der Waals surface area contributed by atoms with Crippen molar-refractivity contribution in [2.75, 3.05) is 26.2 Å². The molecule has 0 spiro atoms. The van der Waals surface area contributed by atoms with E-state index in [1.54, 1.807) is 14.2 Å². The van der Waals surface area contributed by atoms with E-state index in [0.29, 0.717) is 6.54 Å². The number of sulfone groups is 1. The molecule has 21 heavy (non-hydrogen) atoms. The van der Waals surface area contributed by atoms with Gasteiger partial charge in [-0.15, -0.1) is 0 Å². The Balaban J connectivity index is 2.61. The van der Waals surface area contributed by atoms with Crippen molar-refractivity contribution < 1.29 is 17.9 Å². The summed E-state index contributed by atoms with van der Waals surface area (Å²) in [6, 6.07) is 6.58. The molecule has 0 aliphatic rings. The van der Waals surface area contributed by atoms with Crippen LogP contribution in [0.4, 0.5) is 0 Å². The molecule has 7 heteroatoms. The molecule has 118 valence electrons. The minimum Gasteiger partial charge on any atom is -0.497 e. The zero-order chi connectivity index (χ0) is 16.0. The molecule has 0 radical (unpaired) electrons. The summed E-state index contributed by atoms with van der Waals surface area (Å²) in [7, 11) is 0.106. The van der Waals surface area contributed by atoms with Crippen LogP contribution < -0.4 is 10.5 Å². The summed E-state index contributed by atoms with van der Waals surface area (Å²) in [6.07, 6.45) is 1.25. The molecule has 0 aliphatic heterocycles. The van der Waals surface area contributed by atoms with Gasteiger partial charge < -0.3 is 15.4 Å². The molecule has 0 saturated heterocycles. The first-order chi connectivity index (χ1) is 9.73. The lowest BCUT2D eigenvalue weighted by atomic mass is 10.1. The number of rotatable bonds is 7. The third-order valence-electron chi connectivity index (χ3n) is 3.05. The van der Waals surface area contributed by atoms with Crippen LogP contribution in [0.25, 0.3) is 0 Å². The highest BCUT2D eigenvalue weighted by Gasteiger charge is 2.19. The standard InChI is InChI=1S/C14H22N2O4S/c1-16(10-11-5-4-6-12(9-11)20-2)14(17)13(15)7-8-21(3,18)19/h4-6,9,13H,7-8,10,15H2,1-3H3. The summed E-state index contributed by atoms with van der Waals surface area (Å²) in [5.41, 5.74) is 6.67. The van der Waals surface area contributed by atoms with Crippen molar-refractivity contribution in [3.63, 3.8) is 0 Å². The highest BCUT2D eigenvalue weighted by atomic mass is 32.2. The van der Waals surface area contributed by atoms with Crippen molar-refractivity contribution in [3.8, 4) is 5.75 Å². The molecule has 1 unspecified atom stereocenters. The number of carbonyl (C=O) groups is 1. The lowest BCUT2D eigenvalue weighted by Crippen LogP contribution is -2.42. The quantitative estimate of drug-likeness (QED) is 0.787. The van der Waals surface area contributed by atoms with Crippen molar-refractivity contribution in [3.05, 3.63) is 29.8 Å². The molecule has 1 aromatic rings. The van der Waals surface area contributed by atoms with E-state index in [-0.39, 0.29) is 18.1 Å². The van der Waals surface area contributed by atoms with Crippen LogP contribution in [0, 0.1) is 0 Å². The number of benzene rings is 1. The fourth-order valence-electron chi connectivity index (χ4n) is 1.87. The zero-order valence-electron chi connectivity index (χ0n) is 12.6. The average molecular weight is 314 g/mol. The molecule has 0 bridgehead atoms. The van der Waals surface area contributed by atoms with Gasteiger partial charge in [0.1, 0.15) is 15.6 Å². The summed E-state index contributed by atoms with van der Waals surface area (Å²) in [4.78, 5) is 13.6. The van der Waals surface area contributed by atoms with Gasteiger partial charge >= 0.3 is 0 Å². The highest BCUT2D eigenvalue weighted by Crippen LogP contribution is 2.14. The summed E-state index contributed by atoms with van der Waals surface area (Å²) in [5, 5.41) is 0. The molecule has 0 aliphatic carbocycles. The van der Waals surface area contributed by atoms with Crippen molar-refractivity contribution in [2.24, 2.45) is 5.73 Å². The van der Waals surface area contributed by atoms with E-state index in [1.165, 1.54) is 4.90 Å². The maximum absolute atomic E-state index is 12.1. The van der Waals surface area contributed by atoms with Gasteiger partial charge in [0, 0.05) is 19.8 Å². The Morgan fingerprint density at radius 3 is 2.67 bits per heavy atom. The van der Waals surface area contributed by atoms with Gasteiger partial charge in [0.05, 0.1) is 18.9 Å². The maximum atomic E-state index is 12.1. The zero-order valence-corrected chi connectivity index (χ0v) is 13.4. The number of hydrogen-bond acceptors (Lipinski definition) is 5. The molecule has 1 amide bonds. The smallest absolute Gasteiger partial charge is 0.239 e. The predicted octanol–water partition coefficient (Wildman–Crippen LogP) is 0.416. The Bertz CT molecular complexity index is 586. The third kappa shape index (κ3) is 6.14. The van der Waals surface area contributed by atoms with Crippen molar-refractivity contribution in [1.82, 2.24) is 4.90 Å². The third-order valence-corrected chi connectivity index (χ3v) is 4.02. The first-order valence-electron chi connectivity index (χ1n) is 6.54. The van der Waals surface area contributed by atoms with E-state index in [9.17, 15) is 13.2 Å². The van der Waals surface area contributed by atoms with Gasteiger partial charge in [-0.25, -0.2) is 8.42 Å². The summed E-state index contributed by atoms with van der Waals surface area (Å²) in [6.45, 7) is 0.391. The maximum Gasteiger partial charge on any atom is 0.239 e. The first kappa shape index (κ1) is 17.5. The van der Waals surface area contributed by atoms with Crippen molar-refractivity contribution in [2.45, 2.75) is 19.0 Å². The molecular formula is C14H22N2O4S. The average Bonchev–Trinajstić information content (AvgIpc) is 2.43. The van der Waals surface area contributed by atoms with Crippen LogP contribution in [0.2, 0.25) is 0 Å². The molecule has 0 aromatic heterocycles. The number of nitrogens with two attached hydrogens (primary N) is 1.